The Morgan fingerprint density at radius 1 is 1.17 bits per heavy atom. The van der Waals surface area contributed by atoms with E-state index in [1.807, 2.05) is 55.5 Å². The molecule has 186 valence electrons. The number of hydrogen-bond acceptors (Lipinski definition) is 7. The number of rotatable bonds is 6. The van der Waals surface area contributed by atoms with E-state index < -0.39 is 5.69 Å². The van der Waals surface area contributed by atoms with Crippen LogP contribution in [-0.4, -0.2) is 55.4 Å². The number of nitrogens with two attached hydrogens (primary N) is 1. The van der Waals surface area contributed by atoms with Crippen molar-refractivity contribution in [3.63, 3.8) is 0 Å². The van der Waals surface area contributed by atoms with Crippen LogP contribution in [0.25, 0.3) is 22.3 Å². The number of amides is 1. The molecule has 1 aliphatic heterocycles. The standard InChI is InChI=1S/C26H28N6O4/c1-16-4-8-19(9-5-16)36-20-10-6-17(7-11-20)23-22-24(27)28-26(35)29-25(22)32(30-23)18-3-2-13-31(15-18)21(34)12-14-33/h4-11,18,33H,2-3,12-15H2,1H3,(H3,27,28,29,35). The number of aliphatic hydroxyl groups excluding tert-OH is 1. The minimum atomic E-state index is -0.557. The number of anilines is 1. The first-order chi connectivity index (χ1) is 17.4. The van der Waals surface area contributed by atoms with Crippen LogP contribution in [0.4, 0.5) is 5.82 Å². The highest BCUT2D eigenvalue weighted by Gasteiger charge is 2.28. The number of aromatic amines is 1. The van der Waals surface area contributed by atoms with Crippen molar-refractivity contribution in [2.24, 2.45) is 0 Å². The van der Waals surface area contributed by atoms with Gasteiger partial charge < -0.3 is 20.5 Å². The van der Waals surface area contributed by atoms with E-state index in [1.54, 1.807) is 9.58 Å². The van der Waals surface area contributed by atoms with Crippen LogP contribution in [0.2, 0.25) is 0 Å². The molecule has 2 aromatic carbocycles. The second-order valence-corrected chi connectivity index (χ2v) is 9.00. The topological polar surface area (TPSA) is 139 Å². The maximum absolute atomic E-state index is 12.4. The molecule has 2 aromatic heterocycles. The zero-order chi connectivity index (χ0) is 25.2. The van der Waals surface area contributed by atoms with E-state index in [1.165, 1.54) is 0 Å². The van der Waals surface area contributed by atoms with Crippen LogP contribution in [0.5, 0.6) is 11.5 Å². The number of piperidine rings is 1. The lowest BCUT2D eigenvalue weighted by Crippen LogP contribution is -2.41. The van der Waals surface area contributed by atoms with Gasteiger partial charge in [-0.15, -0.1) is 0 Å². The number of fused-ring (bicyclic) bond motifs is 1. The lowest BCUT2D eigenvalue weighted by molar-refractivity contribution is -0.133. The van der Waals surface area contributed by atoms with Crippen LogP contribution in [0.15, 0.2) is 53.3 Å². The van der Waals surface area contributed by atoms with Crippen molar-refractivity contribution in [3.05, 3.63) is 64.6 Å². The van der Waals surface area contributed by atoms with Gasteiger partial charge in [-0.25, -0.2) is 9.48 Å². The number of ether oxygens (including phenoxy) is 1. The number of benzene rings is 2. The predicted molar refractivity (Wildman–Crippen MR) is 136 cm³/mol. The minimum Gasteiger partial charge on any atom is -0.457 e. The molecule has 0 bridgehead atoms. The molecular weight excluding hydrogens is 460 g/mol. The van der Waals surface area contributed by atoms with Crippen molar-refractivity contribution in [1.82, 2.24) is 24.6 Å². The molecule has 1 atom stereocenters. The molecule has 0 aliphatic carbocycles. The number of carbonyl (C=O) groups is 1. The van der Waals surface area contributed by atoms with Crippen LogP contribution < -0.4 is 16.2 Å². The Kier molecular flexibility index (Phi) is 6.43. The third-order valence-electron chi connectivity index (χ3n) is 6.41. The number of nitrogen functional groups attached to an aromatic ring is 1. The highest BCUT2D eigenvalue weighted by molar-refractivity contribution is 5.98. The Balaban J connectivity index is 1.49. The number of aliphatic hydroxyl groups is 1. The normalized spacial score (nSPS) is 15.8. The third-order valence-corrected chi connectivity index (χ3v) is 6.41. The Bertz CT molecular complexity index is 1440. The summed E-state index contributed by atoms with van der Waals surface area (Å²) in [6.45, 7) is 2.88. The van der Waals surface area contributed by atoms with E-state index in [4.69, 9.17) is 20.7 Å². The number of likely N-dealkylation sites (tertiary alicyclic amines) is 1. The molecule has 3 heterocycles. The molecule has 1 saturated heterocycles. The van der Waals surface area contributed by atoms with Crippen LogP contribution >= 0.6 is 0 Å². The zero-order valence-corrected chi connectivity index (χ0v) is 20.0. The molecule has 10 nitrogen and oxygen atoms in total. The molecule has 5 rings (SSSR count). The molecule has 0 spiro atoms. The summed E-state index contributed by atoms with van der Waals surface area (Å²) in [6.07, 6.45) is 1.64. The van der Waals surface area contributed by atoms with E-state index in [0.29, 0.717) is 35.6 Å². The van der Waals surface area contributed by atoms with Crippen molar-refractivity contribution in [2.45, 2.75) is 32.2 Å². The Morgan fingerprint density at radius 3 is 2.56 bits per heavy atom. The largest absolute Gasteiger partial charge is 0.457 e. The molecule has 4 N–H and O–H groups in total. The fraction of sp³-hybridized carbons (Fsp3) is 0.308. The van der Waals surface area contributed by atoms with Gasteiger partial charge in [-0.1, -0.05) is 17.7 Å². The van der Waals surface area contributed by atoms with Crippen molar-refractivity contribution < 1.29 is 14.6 Å². The summed E-state index contributed by atoms with van der Waals surface area (Å²) in [7, 11) is 0. The van der Waals surface area contributed by atoms with Gasteiger partial charge in [0.1, 0.15) is 23.0 Å². The summed E-state index contributed by atoms with van der Waals surface area (Å²) in [5, 5.41) is 14.6. The molecule has 4 aromatic rings. The first-order valence-electron chi connectivity index (χ1n) is 11.9. The fourth-order valence-electron chi connectivity index (χ4n) is 4.60. The maximum atomic E-state index is 12.4. The van der Waals surface area contributed by atoms with Crippen LogP contribution in [0, 0.1) is 6.92 Å². The van der Waals surface area contributed by atoms with Crippen LogP contribution in [0.1, 0.15) is 30.9 Å². The van der Waals surface area contributed by atoms with Crippen molar-refractivity contribution in [3.8, 4) is 22.8 Å². The number of H-pyrrole nitrogens is 1. The fourth-order valence-corrected chi connectivity index (χ4v) is 4.60. The maximum Gasteiger partial charge on any atom is 0.348 e. The quantitative estimate of drug-likeness (QED) is 0.379. The average molecular weight is 489 g/mol. The van der Waals surface area contributed by atoms with E-state index in [2.05, 4.69) is 9.97 Å². The van der Waals surface area contributed by atoms with Crippen molar-refractivity contribution in [2.75, 3.05) is 25.4 Å². The molecule has 36 heavy (non-hydrogen) atoms. The van der Waals surface area contributed by atoms with Gasteiger partial charge in [0.2, 0.25) is 5.91 Å². The number of carbonyl (C=O) groups excluding carboxylic acids is 1. The van der Waals surface area contributed by atoms with E-state index in [-0.39, 0.29) is 30.8 Å². The first kappa shape index (κ1) is 23.6. The second-order valence-electron chi connectivity index (χ2n) is 9.00. The van der Waals surface area contributed by atoms with E-state index >= 15 is 0 Å². The lowest BCUT2D eigenvalue weighted by atomic mass is 10.1. The summed E-state index contributed by atoms with van der Waals surface area (Å²) >= 11 is 0. The molecule has 1 amide bonds. The van der Waals surface area contributed by atoms with Gasteiger partial charge in [0, 0.05) is 25.1 Å². The Hall–Kier alpha value is -4.18. The number of aromatic nitrogens is 4. The van der Waals surface area contributed by atoms with Crippen LogP contribution in [-0.2, 0) is 4.79 Å². The SMILES string of the molecule is Cc1ccc(Oc2ccc(-c3nn(C4CCCN(C(=O)CCO)C4)c4nc(=O)[nH]c(N)c34)cc2)cc1. The molecule has 0 saturated carbocycles. The summed E-state index contributed by atoms with van der Waals surface area (Å²) in [5.41, 5.74) is 8.59. The number of nitrogens with one attached hydrogen (secondary N) is 1. The average Bonchev–Trinajstić information content (AvgIpc) is 3.26. The highest BCUT2D eigenvalue weighted by Crippen LogP contribution is 2.34. The highest BCUT2D eigenvalue weighted by atomic mass is 16.5. The molecular formula is C26H28N6O4. The van der Waals surface area contributed by atoms with Gasteiger partial charge >= 0.3 is 5.69 Å². The van der Waals surface area contributed by atoms with Gasteiger partial charge in [0.05, 0.1) is 18.0 Å². The monoisotopic (exact) mass is 488 g/mol. The zero-order valence-electron chi connectivity index (χ0n) is 20.0. The molecule has 10 heteroatoms. The van der Waals surface area contributed by atoms with Gasteiger partial charge in [-0.3, -0.25) is 9.78 Å². The van der Waals surface area contributed by atoms with Crippen molar-refractivity contribution in [1.29, 1.82) is 0 Å². The molecule has 1 aliphatic rings. The molecule has 1 unspecified atom stereocenters. The summed E-state index contributed by atoms with van der Waals surface area (Å²) in [5.74, 6) is 1.51. The summed E-state index contributed by atoms with van der Waals surface area (Å²) < 4.78 is 7.65. The summed E-state index contributed by atoms with van der Waals surface area (Å²) in [6, 6.07) is 15.1. The van der Waals surface area contributed by atoms with Gasteiger partial charge in [0.15, 0.2) is 5.65 Å². The molecule has 0 radical (unpaired) electrons. The minimum absolute atomic E-state index is 0.0830. The lowest BCUT2D eigenvalue weighted by Gasteiger charge is -2.33. The van der Waals surface area contributed by atoms with Gasteiger partial charge in [-0.05, 0) is 56.2 Å². The van der Waals surface area contributed by atoms with E-state index in [9.17, 15) is 9.59 Å². The first-order valence-corrected chi connectivity index (χ1v) is 11.9. The summed E-state index contributed by atoms with van der Waals surface area (Å²) in [4.78, 5) is 33.1. The Morgan fingerprint density at radius 2 is 1.86 bits per heavy atom. The van der Waals surface area contributed by atoms with Gasteiger partial charge in [0.25, 0.3) is 0 Å². The number of nitrogens with zero attached hydrogens (tertiary/aromatic N) is 4. The second kappa shape index (κ2) is 9.82. The van der Waals surface area contributed by atoms with Crippen LogP contribution in [0.3, 0.4) is 0 Å². The third kappa shape index (κ3) is 4.67. The van der Waals surface area contributed by atoms with Crippen molar-refractivity contribution >= 4 is 22.8 Å². The smallest absolute Gasteiger partial charge is 0.348 e. The predicted octanol–water partition coefficient (Wildman–Crippen LogP) is 3.02. The molecule has 1 fully saturated rings. The van der Waals surface area contributed by atoms with E-state index in [0.717, 1.165) is 29.7 Å². The van der Waals surface area contributed by atoms with Gasteiger partial charge in [-0.2, -0.15) is 10.1 Å². The Labute approximate surface area is 207 Å². The number of aryl methyl sites for hydroxylation is 1. The number of hydrogen-bond donors (Lipinski definition) is 3.